The highest BCUT2D eigenvalue weighted by molar-refractivity contribution is 7.89. The van der Waals surface area contributed by atoms with Gasteiger partial charge in [0.25, 0.3) is 5.91 Å². The van der Waals surface area contributed by atoms with Crippen molar-refractivity contribution >= 4 is 39.1 Å². The Balaban J connectivity index is 1.55. The minimum absolute atomic E-state index is 0.0271. The lowest BCUT2D eigenvalue weighted by Crippen LogP contribution is -2.31. The lowest BCUT2D eigenvalue weighted by Gasteiger charge is -2.18. The number of primary sulfonamides is 1. The number of sulfonamides is 1. The second-order valence-corrected chi connectivity index (χ2v) is 9.99. The van der Waals surface area contributed by atoms with Crippen molar-refractivity contribution in [2.75, 3.05) is 18.4 Å². The molecule has 2 fully saturated rings. The third-order valence-corrected chi connectivity index (χ3v) is 7.11. The summed E-state index contributed by atoms with van der Waals surface area (Å²) >= 11 is 6.08. The van der Waals surface area contributed by atoms with Crippen molar-refractivity contribution in [2.45, 2.75) is 30.6 Å². The van der Waals surface area contributed by atoms with Crippen molar-refractivity contribution in [2.24, 2.45) is 10.6 Å². The fourth-order valence-electron chi connectivity index (χ4n) is 3.90. The monoisotopic (exact) mass is 447 g/mol. The summed E-state index contributed by atoms with van der Waals surface area (Å²) in [5, 5.41) is 8.49. The fourth-order valence-corrected chi connectivity index (χ4v) is 4.85. The Morgan fingerprint density at radius 2 is 1.87 bits per heavy atom. The topological polar surface area (TPSA) is 110 Å². The van der Waals surface area contributed by atoms with Gasteiger partial charge in [-0.1, -0.05) is 29.8 Å². The predicted molar refractivity (Wildman–Crippen MR) is 114 cm³/mol. The first-order valence-corrected chi connectivity index (χ1v) is 11.6. The largest absolute Gasteiger partial charge is 0.338 e. The Morgan fingerprint density at radius 1 is 1.13 bits per heavy atom. The van der Waals surface area contributed by atoms with Crippen molar-refractivity contribution in [3.05, 3.63) is 58.6 Å². The van der Waals surface area contributed by atoms with E-state index in [9.17, 15) is 18.0 Å². The molecule has 1 saturated heterocycles. The number of likely N-dealkylation sites (tertiary alicyclic amines) is 1. The zero-order chi connectivity index (χ0) is 21.5. The van der Waals surface area contributed by atoms with Crippen LogP contribution in [-0.2, 0) is 21.2 Å². The standard InChI is InChI=1S/C21H22ClN3O4S/c22-17-4-2-1-3-14(17)11-19(26)24-15-5-6-16(18(12-15)30(23,28)29)20(27)25-10-9-21(13-25)7-8-21/h1-6,12H,7-11,13H2,(H,24,26)(H2,23,28,29). The highest BCUT2D eigenvalue weighted by Crippen LogP contribution is 2.52. The minimum Gasteiger partial charge on any atom is -0.338 e. The van der Waals surface area contributed by atoms with Crippen molar-refractivity contribution in [3.63, 3.8) is 0 Å². The number of hydrogen-bond donors (Lipinski definition) is 2. The zero-order valence-corrected chi connectivity index (χ0v) is 17.8. The van der Waals surface area contributed by atoms with Crippen LogP contribution >= 0.6 is 11.6 Å². The van der Waals surface area contributed by atoms with Crippen LogP contribution in [-0.4, -0.2) is 38.2 Å². The minimum atomic E-state index is -4.16. The van der Waals surface area contributed by atoms with E-state index in [4.69, 9.17) is 16.7 Å². The summed E-state index contributed by atoms with van der Waals surface area (Å²) in [6, 6.07) is 11.1. The number of amides is 2. The second-order valence-electron chi connectivity index (χ2n) is 8.05. The first kappa shape index (κ1) is 20.8. The highest BCUT2D eigenvalue weighted by atomic mass is 35.5. The molecule has 1 aliphatic carbocycles. The van der Waals surface area contributed by atoms with E-state index in [-0.39, 0.29) is 39.8 Å². The molecule has 2 aliphatic rings. The Morgan fingerprint density at radius 3 is 2.50 bits per heavy atom. The van der Waals surface area contributed by atoms with E-state index < -0.39 is 10.0 Å². The van der Waals surface area contributed by atoms with Crippen LogP contribution in [0.4, 0.5) is 5.69 Å². The van der Waals surface area contributed by atoms with E-state index >= 15 is 0 Å². The number of halogens is 1. The van der Waals surface area contributed by atoms with Crippen molar-refractivity contribution in [1.29, 1.82) is 0 Å². The van der Waals surface area contributed by atoms with Crippen molar-refractivity contribution < 1.29 is 18.0 Å². The number of nitrogens with two attached hydrogens (primary N) is 1. The lowest BCUT2D eigenvalue weighted by molar-refractivity contribution is -0.115. The van der Waals surface area contributed by atoms with Crippen LogP contribution in [0.2, 0.25) is 5.02 Å². The molecule has 3 N–H and O–H groups in total. The number of nitrogens with one attached hydrogen (secondary N) is 1. The smallest absolute Gasteiger partial charge is 0.255 e. The van der Waals surface area contributed by atoms with Crippen LogP contribution in [0.3, 0.4) is 0 Å². The summed E-state index contributed by atoms with van der Waals surface area (Å²) in [4.78, 5) is 26.7. The highest BCUT2D eigenvalue weighted by Gasteiger charge is 2.49. The number of benzene rings is 2. The molecule has 0 bridgehead atoms. The number of carbonyl (C=O) groups is 2. The molecule has 0 aromatic heterocycles. The summed E-state index contributed by atoms with van der Waals surface area (Å²) in [5.74, 6) is -0.713. The van der Waals surface area contributed by atoms with Gasteiger partial charge in [-0.25, -0.2) is 13.6 Å². The maximum absolute atomic E-state index is 12.9. The van der Waals surface area contributed by atoms with Gasteiger partial charge in [-0.15, -0.1) is 0 Å². The van der Waals surface area contributed by atoms with Crippen LogP contribution in [0.5, 0.6) is 0 Å². The van der Waals surface area contributed by atoms with Crippen LogP contribution in [0.25, 0.3) is 0 Å². The Labute approximate surface area is 180 Å². The molecule has 0 unspecified atom stereocenters. The molecule has 2 aromatic rings. The van der Waals surface area contributed by atoms with E-state index in [1.54, 1.807) is 29.2 Å². The number of nitrogens with zero attached hydrogens (tertiary/aromatic N) is 1. The maximum Gasteiger partial charge on any atom is 0.255 e. The van der Waals surface area contributed by atoms with E-state index in [0.717, 1.165) is 19.3 Å². The number of hydrogen-bond acceptors (Lipinski definition) is 4. The molecule has 0 atom stereocenters. The first-order chi connectivity index (χ1) is 14.2. The maximum atomic E-state index is 12.9. The average Bonchev–Trinajstić information content (AvgIpc) is 3.31. The molecule has 9 heteroatoms. The van der Waals surface area contributed by atoms with Crippen molar-refractivity contribution in [3.8, 4) is 0 Å². The van der Waals surface area contributed by atoms with Crippen LogP contribution in [0.1, 0.15) is 35.2 Å². The normalized spacial score (nSPS) is 17.2. The summed E-state index contributed by atoms with van der Waals surface area (Å²) in [5.41, 5.74) is 1.15. The fraction of sp³-hybridized carbons (Fsp3) is 0.333. The molecule has 30 heavy (non-hydrogen) atoms. The van der Waals surface area contributed by atoms with Gasteiger partial charge in [0.2, 0.25) is 15.9 Å². The molecule has 7 nitrogen and oxygen atoms in total. The molecular formula is C21H22ClN3O4S. The van der Waals surface area contributed by atoms with Gasteiger partial charge >= 0.3 is 0 Å². The predicted octanol–water partition coefficient (Wildman–Crippen LogP) is 2.79. The SMILES string of the molecule is NS(=O)(=O)c1cc(NC(=O)Cc2ccccc2Cl)ccc1C(=O)N1CCC2(CC2)C1. The summed E-state index contributed by atoms with van der Waals surface area (Å²) in [6.07, 6.45) is 3.19. The van der Waals surface area contributed by atoms with Gasteiger partial charge in [-0.05, 0) is 54.5 Å². The summed E-state index contributed by atoms with van der Waals surface area (Å²) in [7, 11) is -4.16. The number of anilines is 1. The Hall–Kier alpha value is -2.42. The molecule has 1 heterocycles. The second kappa shape index (κ2) is 7.68. The van der Waals surface area contributed by atoms with E-state index in [0.29, 0.717) is 23.7 Å². The van der Waals surface area contributed by atoms with E-state index in [1.807, 2.05) is 0 Å². The Kier molecular flexibility index (Phi) is 5.34. The van der Waals surface area contributed by atoms with Crippen LogP contribution in [0, 0.1) is 5.41 Å². The Bertz CT molecular complexity index is 1130. The molecule has 2 amide bonds. The average molecular weight is 448 g/mol. The molecular weight excluding hydrogens is 426 g/mol. The zero-order valence-electron chi connectivity index (χ0n) is 16.2. The number of rotatable bonds is 5. The van der Waals surface area contributed by atoms with E-state index in [1.165, 1.54) is 18.2 Å². The van der Waals surface area contributed by atoms with E-state index in [2.05, 4.69) is 5.32 Å². The molecule has 1 aliphatic heterocycles. The third kappa shape index (κ3) is 4.35. The molecule has 158 valence electrons. The molecule has 4 rings (SSSR count). The van der Waals surface area contributed by atoms with Gasteiger partial charge in [0.1, 0.15) is 0 Å². The molecule has 2 aromatic carbocycles. The van der Waals surface area contributed by atoms with Gasteiger partial charge in [-0.2, -0.15) is 0 Å². The number of carbonyl (C=O) groups excluding carboxylic acids is 2. The van der Waals surface area contributed by atoms with Gasteiger partial charge in [0, 0.05) is 23.8 Å². The molecule has 1 saturated carbocycles. The molecule has 0 radical (unpaired) electrons. The van der Waals surface area contributed by atoms with Gasteiger partial charge in [0.05, 0.1) is 16.9 Å². The van der Waals surface area contributed by atoms with Crippen LogP contribution in [0.15, 0.2) is 47.4 Å². The first-order valence-electron chi connectivity index (χ1n) is 9.66. The molecule has 1 spiro atoms. The third-order valence-electron chi connectivity index (χ3n) is 5.79. The quantitative estimate of drug-likeness (QED) is 0.734. The van der Waals surface area contributed by atoms with Gasteiger partial charge < -0.3 is 10.2 Å². The summed E-state index contributed by atoms with van der Waals surface area (Å²) < 4.78 is 24.3. The summed E-state index contributed by atoms with van der Waals surface area (Å²) in [6.45, 7) is 1.26. The van der Waals surface area contributed by atoms with Gasteiger partial charge in [-0.3, -0.25) is 9.59 Å². The van der Waals surface area contributed by atoms with Crippen molar-refractivity contribution in [1.82, 2.24) is 4.90 Å². The van der Waals surface area contributed by atoms with Crippen LogP contribution < -0.4 is 10.5 Å². The lowest BCUT2D eigenvalue weighted by atomic mass is 10.1. The van der Waals surface area contributed by atoms with Gasteiger partial charge in [0.15, 0.2) is 0 Å².